The van der Waals surface area contributed by atoms with Gasteiger partial charge in [0, 0.05) is 13.1 Å². The Morgan fingerprint density at radius 2 is 2.08 bits per heavy atom. The number of aromatic nitrogens is 4. The highest BCUT2D eigenvalue weighted by atomic mass is 35.5. The van der Waals surface area contributed by atoms with E-state index in [-0.39, 0.29) is 23.1 Å². The molecule has 9 heteroatoms. The number of likely N-dealkylation sites (N-methyl/N-ethyl adjacent to an activating group) is 1. The number of likely N-dealkylation sites (tertiary alicyclic amines) is 1. The maximum atomic E-state index is 12.7. The second-order valence-corrected chi connectivity index (χ2v) is 7.22. The Labute approximate surface area is 150 Å². The summed E-state index contributed by atoms with van der Waals surface area (Å²) in [5.41, 5.74) is 0.923. The van der Waals surface area contributed by atoms with Crippen LogP contribution in [-0.4, -0.2) is 63.0 Å². The van der Waals surface area contributed by atoms with Gasteiger partial charge in [0.25, 0.3) is 0 Å². The van der Waals surface area contributed by atoms with E-state index in [9.17, 15) is 4.79 Å². The Morgan fingerprint density at radius 3 is 2.68 bits per heavy atom. The zero-order valence-electron chi connectivity index (χ0n) is 14.6. The van der Waals surface area contributed by atoms with E-state index in [0.29, 0.717) is 36.3 Å². The standard InChI is InChI=1S/C16H22ClN5O3/c1-9(11-5-4-6-20(11)2)25-14-12-13(18-15(17)19-14)22(10-7-24-8-10)16(23)21(12)3/h9-11H,4-8H2,1-3H3/t9-,11-/m0/s1. The van der Waals surface area contributed by atoms with E-state index in [0.717, 1.165) is 19.4 Å². The molecule has 0 bridgehead atoms. The van der Waals surface area contributed by atoms with Crippen molar-refractivity contribution < 1.29 is 9.47 Å². The van der Waals surface area contributed by atoms with Crippen molar-refractivity contribution in [3.63, 3.8) is 0 Å². The maximum Gasteiger partial charge on any atom is 0.330 e. The number of ether oxygens (including phenoxy) is 2. The quantitative estimate of drug-likeness (QED) is 0.756. The van der Waals surface area contributed by atoms with Gasteiger partial charge in [0.1, 0.15) is 6.10 Å². The molecule has 0 unspecified atom stereocenters. The predicted octanol–water partition coefficient (Wildman–Crippen LogP) is 1.22. The van der Waals surface area contributed by atoms with Gasteiger partial charge in [0.05, 0.1) is 19.3 Å². The number of fused-ring (bicyclic) bond motifs is 1. The van der Waals surface area contributed by atoms with E-state index in [1.54, 1.807) is 11.6 Å². The van der Waals surface area contributed by atoms with Crippen LogP contribution in [-0.2, 0) is 11.8 Å². The van der Waals surface area contributed by atoms with Crippen molar-refractivity contribution in [2.75, 3.05) is 26.8 Å². The smallest absolute Gasteiger partial charge is 0.330 e. The minimum atomic E-state index is -0.157. The fourth-order valence-corrected chi connectivity index (χ4v) is 3.93. The van der Waals surface area contributed by atoms with Gasteiger partial charge in [-0.25, -0.2) is 4.79 Å². The molecule has 0 amide bonds. The number of rotatable bonds is 4. The van der Waals surface area contributed by atoms with Crippen molar-refractivity contribution in [3.05, 3.63) is 15.8 Å². The summed E-state index contributed by atoms with van der Waals surface area (Å²) < 4.78 is 14.5. The molecule has 0 spiro atoms. The molecule has 2 fully saturated rings. The first-order valence-electron chi connectivity index (χ1n) is 8.56. The van der Waals surface area contributed by atoms with Crippen LogP contribution in [0.3, 0.4) is 0 Å². The van der Waals surface area contributed by atoms with Crippen molar-refractivity contribution in [3.8, 4) is 5.88 Å². The number of hydrogen-bond acceptors (Lipinski definition) is 6. The lowest BCUT2D eigenvalue weighted by Gasteiger charge is -2.27. The average molecular weight is 368 g/mol. The summed E-state index contributed by atoms with van der Waals surface area (Å²) >= 11 is 6.13. The van der Waals surface area contributed by atoms with Gasteiger partial charge in [0.15, 0.2) is 11.2 Å². The highest BCUT2D eigenvalue weighted by Gasteiger charge is 2.31. The fourth-order valence-electron chi connectivity index (χ4n) is 3.77. The van der Waals surface area contributed by atoms with E-state index in [1.165, 1.54) is 4.57 Å². The number of imidazole rings is 1. The van der Waals surface area contributed by atoms with Crippen LogP contribution in [0.25, 0.3) is 11.2 Å². The van der Waals surface area contributed by atoms with E-state index < -0.39 is 0 Å². The lowest BCUT2D eigenvalue weighted by molar-refractivity contribution is -0.0233. The number of aryl methyl sites for hydroxylation is 1. The number of hydrogen-bond donors (Lipinski definition) is 0. The predicted molar refractivity (Wildman–Crippen MR) is 93.4 cm³/mol. The van der Waals surface area contributed by atoms with Crippen molar-refractivity contribution >= 4 is 22.8 Å². The van der Waals surface area contributed by atoms with Gasteiger partial charge in [-0.2, -0.15) is 9.97 Å². The summed E-state index contributed by atoms with van der Waals surface area (Å²) in [4.78, 5) is 23.5. The van der Waals surface area contributed by atoms with Crippen molar-refractivity contribution in [1.29, 1.82) is 0 Å². The molecule has 0 aliphatic carbocycles. The summed E-state index contributed by atoms with van der Waals surface area (Å²) in [5.74, 6) is 0.362. The Morgan fingerprint density at radius 1 is 1.32 bits per heavy atom. The SMILES string of the molecule is C[C@H](Oc1nc(Cl)nc2c1n(C)c(=O)n2C1COC1)[C@@H]1CCCN1C. The van der Waals surface area contributed by atoms with Crippen LogP contribution < -0.4 is 10.4 Å². The second-order valence-electron chi connectivity index (χ2n) is 6.89. The first kappa shape index (κ1) is 16.8. The molecule has 2 aliphatic rings. The van der Waals surface area contributed by atoms with Gasteiger partial charge < -0.3 is 9.47 Å². The lowest BCUT2D eigenvalue weighted by Crippen LogP contribution is -2.38. The summed E-state index contributed by atoms with van der Waals surface area (Å²) in [6.07, 6.45) is 2.18. The van der Waals surface area contributed by atoms with Crippen molar-refractivity contribution in [1.82, 2.24) is 24.0 Å². The van der Waals surface area contributed by atoms with Gasteiger partial charge in [-0.15, -0.1) is 0 Å². The molecule has 4 rings (SSSR count). The van der Waals surface area contributed by atoms with Crippen LogP contribution in [0.1, 0.15) is 25.8 Å². The van der Waals surface area contributed by atoms with Crippen LogP contribution in [0.4, 0.5) is 0 Å². The monoisotopic (exact) mass is 367 g/mol. The average Bonchev–Trinajstić information content (AvgIpc) is 3.03. The number of nitrogens with zero attached hydrogens (tertiary/aromatic N) is 5. The van der Waals surface area contributed by atoms with Gasteiger partial charge in [-0.05, 0) is 45.0 Å². The maximum absolute atomic E-state index is 12.7. The van der Waals surface area contributed by atoms with Gasteiger partial charge in [-0.3, -0.25) is 14.0 Å². The first-order valence-corrected chi connectivity index (χ1v) is 8.94. The van der Waals surface area contributed by atoms with E-state index in [1.807, 2.05) is 6.92 Å². The summed E-state index contributed by atoms with van der Waals surface area (Å²) in [6.45, 7) is 4.10. The summed E-state index contributed by atoms with van der Waals surface area (Å²) in [6, 6.07) is 0.302. The van der Waals surface area contributed by atoms with Gasteiger partial charge >= 0.3 is 5.69 Å². The minimum Gasteiger partial charge on any atom is -0.471 e. The molecule has 8 nitrogen and oxygen atoms in total. The Kier molecular flexibility index (Phi) is 4.21. The van der Waals surface area contributed by atoms with Gasteiger partial charge in [-0.1, -0.05) is 0 Å². The summed E-state index contributed by atoms with van der Waals surface area (Å²) in [5, 5.41) is 0.0778. The molecular formula is C16H22ClN5O3. The highest BCUT2D eigenvalue weighted by Crippen LogP contribution is 2.29. The third-order valence-corrected chi connectivity index (χ3v) is 5.43. The molecule has 2 aliphatic heterocycles. The van der Waals surface area contributed by atoms with Gasteiger partial charge in [0.2, 0.25) is 11.2 Å². The Balaban J connectivity index is 1.77. The molecule has 0 aromatic carbocycles. The zero-order chi connectivity index (χ0) is 17.7. The summed E-state index contributed by atoms with van der Waals surface area (Å²) in [7, 11) is 3.81. The Hall–Kier alpha value is -1.64. The third-order valence-electron chi connectivity index (χ3n) is 5.26. The van der Waals surface area contributed by atoms with Crippen LogP contribution in [0.2, 0.25) is 5.28 Å². The topological polar surface area (TPSA) is 74.4 Å². The molecule has 0 radical (unpaired) electrons. The highest BCUT2D eigenvalue weighted by molar-refractivity contribution is 6.28. The fraction of sp³-hybridized carbons (Fsp3) is 0.688. The van der Waals surface area contributed by atoms with Crippen LogP contribution in [0.15, 0.2) is 4.79 Å². The van der Waals surface area contributed by atoms with Crippen LogP contribution >= 0.6 is 11.6 Å². The molecular weight excluding hydrogens is 346 g/mol. The molecule has 2 saturated heterocycles. The number of halogens is 1. The molecule has 4 heterocycles. The molecule has 0 N–H and O–H groups in total. The van der Waals surface area contributed by atoms with E-state index in [2.05, 4.69) is 21.9 Å². The molecule has 136 valence electrons. The van der Waals surface area contributed by atoms with Crippen LogP contribution in [0, 0.1) is 0 Å². The lowest BCUT2D eigenvalue weighted by atomic mass is 10.1. The van der Waals surface area contributed by atoms with E-state index in [4.69, 9.17) is 21.1 Å². The Bertz CT molecular complexity index is 860. The van der Waals surface area contributed by atoms with Crippen molar-refractivity contribution in [2.45, 2.75) is 38.0 Å². The minimum absolute atomic E-state index is 0.0200. The first-order chi connectivity index (χ1) is 12.0. The third kappa shape index (κ3) is 2.72. The molecule has 25 heavy (non-hydrogen) atoms. The molecule has 0 saturated carbocycles. The largest absolute Gasteiger partial charge is 0.471 e. The normalized spacial score (nSPS) is 23.1. The zero-order valence-corrected chi connectivity index (χ0v) is 15.4. The molecule has 2 aromatic rings. The molecule has 2 aromatic heterocycles. The van der Waals surface area contributed by atoms with E-state index >= 15 is 0 Å². The van der Waals surface area contributed by atoms with Crippen molar-refractivity contribution in [2.24, 2.45) is 7.05 Å². The van der Waals surface area contributed by atoms with Crippen LogP contribution in [0.5, 0.6) is 5.88 Å². The molecule has 2 atom stereocenters. The second kappa shape index (κ2) is 6.26.